The highest BCUT2D eigenvalue weighted by atomic mass is 35.5. The third-order valence-corrected chi connectivity index (χ3v) is 3.94. The molecule has 0 heterocycles. The molecular formula is C10H14ClNO4S. The van der Waals surface area contributed by atoms with Crippen molar-refractivity contribution < 1.29 is 18.3 Å². The van der Waals surface area contributed by atoms with Gasteiger partial charge in [0, 0.05) is 13.2 Å². The van der Waals surface area contributed by atoms with Crippen molar-refractivity contribution in [3.05, 3.63) is 23.2 Å². The van der Waals surface area contributed by atoms with Crippen LogP contribution in [0.4, 0.5) is 0 Å². The average Bonchev–Trinajstić information content (AvgIpc) is 2.24. The van der Waals surface area contributed by atoms with Gasteiger partial charge >= 0.3 is 0 Å². The van der Waals surface area contributed by atoms with Crippen LogP contribution in [0.2, 0.25) is 5.02 Å². The summed E-state index contributed by atoms with van der Waals surface area (Å²) in [6.07, 6.45) is 0. The molecule has 0 aromatic heterocycles. The van der Waals surface area contributed by atoms with Gasteiger partial charge in [-0.05, 0) is 19.1 Å². The smallest absolute Gasteiger partial charge is 0.245 e. The number of hydrogen-bond acceptors (Lipinski definition) is 4. The molecule has 2 N–H and O–H groups in total. The zero-order chi connectivity index (χ0) is 12.9. The maximum absolute atomic E-state index is 11.8. The maximum Gasteiger partial charge on any atom is 0.245 e. The molecule has 0 atom stereocenters. The van der Waals surface area contributed by atoms with Crippen molar-refractivity contribution in [1.29, 1.82) is 0 Å². The second-order valence-corrected chi connectivity index (χ2v) is 5.29. The van der Waals surface area contributed by atoms with Crippen molar-refractivity contribution in [3.8, 4) is 5.75 Å². The zero-order valence-corrected chi connectivity index (χ0v) is 10.9. The third-order valence-electron chi connectivity index (χ3n) is 1.96. The van der Waals surface area contributed by atoms with Crippen LogP contribution >= 0.6 is 11.6 Å². The first kappa shape index (κ1) is 14.2. The molecular weight excluding hydrogens is 266 g/mol. The van der Waals surface area contributed by atoms with E-state index < -0.39 is 10.0 Å². The molecule has 0 amide bonds. The summed E-state index contributed by atoms with van der Waals surface area (Å²) < 4.78 is 30.9. The molecule has 1 aromatic rings. The zero-order valence-electron chi connectivity index (χ0n) is 9.31. The molecule has 0 aliphatic rings. The molecule has 0 bridgehead atoms. The number of aromatic hydroxyl groups is 1. The summed E-state index contributed by atoms with van der Waals surface area (Å²) in [6.45, 7) is 2.72. The molecule has 0 fully saturated rings. The van der Waals surface area contributed by atoms with Gasteiger partial charge < -0.3 is 9.84 Å². The van der Waals surface area contributed by atoms with E-state index in [0.717, 1.165) is 0 Å². The van der Waals surface area contributed by atoms with Gasteiger partial charge in [0.2, 0.25) is 10.0 Å². The molecule has 0 aliphatic heterocycles. The van der Waals surface area contributed by atoms with Crippen LogP contribution in [0.1, 0.15) is 6.92 Å². The highest BCUT2D eigenvalue weighted by Crippen LogP contribution is 2.29. The lowest BCUT2D eigenvalue weighted by atomic mass is 10.3. The van der Waals surface area contributed by atoms with Crippen molar-refractivity contribution in [2.75, 3.05) is 19.8 Å². The summed E-state index contributed by atoms with van der Waals surface area (Å²) in [5.41, 5.74) is 0. The molecule has 96 valence electrons. The number of phenolic OH excluding ortho intramolecular Hbond substituents is 1. The standard InChI is InChI=1S/C10H14ClNO4S/c1-2-16-7-6-12-17(14,15)10-8(11)4-3-5-9(10)13/h3-5,12-13H,2,6-7H2,1H3. The Labute approximate surface area is 105 Å². The van der Waals surface area contributed by atoms with Crippen molar-refractivity contribution in [1.82, 2.24) is 4.72 Å². The minimum Gasteiger partial charge on any atom is -0.506 e. The highest BCUT2D eigenvalue weighted by molar-refractivity contribution is 7.89. The lowest BCUT2D eigenvalue weighted by Gasteiger charge is -2.09. The summed E-state index contributed by atoms with van der Waals surface area (Å²) >= 11 is 5.74. The van der Waals surface area contributed by atoms with Crippen LogP contribution in [-0.4, -0.2) is 33.3 Å². The number of phenols is 1. The lowest BCUT2D eigenvalue weighted by Crippen LogP contribution is -2.27. The molecule has 0 saturated carbocycles. The van der Waals surface area contributed by atoms with Crippen LogP contribution in [-0.2, 0) is 14.8 Å². The van der Waals surface area contributed by atoms with E-state index >= 15 is 0 Å². The topological polar surface area (TPSA) is 75.6 Å². The fourth-order valence-corrected chi connectivity index (χ4v) is 2.87. The first-order chi connectivity index (χ1) is 7.99. The average molecular weight is 280 g/mol. The molecule has 0 unspecified atom stereocenters. The number of nitrogens with one attached hydrogen (secondary N) is 1. The van der Waals surface area contributed by atoms with Gasteiger partial charge in [0.25, 0.3) is 0 Å². The molecule has 0 aliphatic carbocycles. The summed E-state index contributed by atoms with van der Waals surface area (Å²) in [5.74, 6) is -0.374. The van der Waals surface area contributed by atoms with E-state index in [9.17, 15) is 13.5 Å². The van der Waals surface area contributed by atoms with E-state index in [1.807, 2.05) is 6.92 Å². The molecule has 1 rings (SSSR count). The number of benzene rings is 1. The maximum atomic E-state index is 11.8. The van der Waals surface area contributed by atoms with E-state index in [-0.39, 0.29) is 28.8 Å². The Morgan fingerprint density at radius 3 is 2.76 bits per heavy atom. The van der Waals surface area contributed by atoms with Gasteiger partial charge in [-0.3, -0.25) is 0 Å². The van der Waals surface area contributed by atoms with Crippen LogP contribution in [0.25, 0.3) is 0 Å². The SMILES string of the molecule is CCOCCNS(=O)(=O)c1c(O)cccc1Cl. The minimum atomic E-state index is -3.81. The Morgan fingerprint density at radius 2 is 2.18 bits per heavy atom. The summed E-state index contributed by atoms with van der Waals surface area (Å²) in [7, 11) is -3.81. The van der Waals surface area contributed by atoms with E-state index in [4.69, 9.17) is 16.3 Å². The molecule has 7 heteroatoms. The van der Waals surface area contributed by atoms with Crippen LogP contribution in [0, 0.1) is 0 Å². The van der Waals surface area contributed by atoms with Crippen LogP contribution < -0.4 is 4.72 Å². The highest BCUT2D eigenvalue weighted by Gasteiger charge is 2.21. The number of halogens is 1. The van der Waals surface area contributed by atoms with Gasteiger partial charge in [-0.25, -0.2) is 13.1 Å². The largest absolute Gasteiger partial charge is 0.506 e. The molecule has 0 saturated heterocycles. The minimum absolute atomic E-state index is 0.0195. The monoisotopic (exact) mass is 279 g/mol. The predicted octanol–water partition coefficient (Wildman–Crippen LogP) is 1.36. The molecule has 0 radical (unpaired) electrons. The normalized spacial score (nSPS) is 11.6. The number of sulfonamides is 1. The second kappa shape index (κ2) is 6.20. The Bertz CT molecular complexity index is 455. The number of ether oxygens (including phenoxy) is 1. The third kappa shape index (κ3) is 3.85. The molecule has 17 heavy (non-hydrogen) atoms. The lowest BCUT2D eigenvalue weighted by molar-refractivity contribution is 0.153. The Balaban J connectivity index is 2.83. The molecule has 1 aromatic carbocycles. The first-order valence-corrected chi connectivity index (χ1v) is 6.90. The van der Waals surface area contributed by atoms with Gasteiger partial charge in [0.1, 0.15) is 10.6 Å². The van der Waals surface area contributed by atoms with Crippen molar-refractivity contribution >= 4 is 21.6 Å². The van der Waals surface area contributed by atoms with Gasteiger partial charge in [-0.15, -0.1) is 0 Å². The van der Waals surface area contributed by atoms with Crippen LogP contribution in [0.15, 0.2) is 23.1 Å². The van der Waals surface area contributed by atoms with Gasteiger partial charge in [0.15, 0.2) is 0 Å². The first-order valence-electron chi connectivity index (χ1n) is 5.04. The summed E-state index contributed by atoms with van der Waals surface area (Å²) in [5, 5.41) is 9.48. The second-order valence-electron chi connectivity index (χ2n) is 3.18. The van der Waals surface area contributed by atoms with Crippen molar-refractivity contribution in [3.63, 3.8) is 0 Å². The number of rotatable bonds is 6. The van der Waals surface area contributed by atoms with Gasteiger partial charge in [0.05, 0.1) is 11.6 Å². The predicted molar refractivity (Wildman–Crippen MR) is 64.8 cm³/mol. The Morgan fingerprint density at radius 1 is 1.47 bits per heavy atom. The van der Waals surface area contributed by atoms with Crippen LogP contribution in [0.3, 0.4) is 0 Å². The summed E-state index contributed by atoms with van der Waals surface area (Å²) in [4.78, 5) is -0.307. The number of hydrogen-bond donors (Lipinski definition) is 2. The molecule has 0 spiro atoms. The van der Waals surface area contributed by atoms with E-state index in [0.29, 0.717) is 6.61 Å². The Hall–Kier alpha value is -0.820. The quantitative estimate of drug-likeness (QED) is 0.771. The fourth-order valence-electron chi connectivity index (χ4n) is 1.23. The van der Waals surface area contributed by atoms with Crippen LogP contribution in [0.5, 0.6) is 5.75 Å². The van der Waals surface area contributed by atoms with E-state index in [2.05, 4.69) is 4.72 Å². The van der Waals surface area contributed by atoms with Gasteiger partial charge in [-0.2, -0.15) is 0 Å². The van der Waals surface area contributed by atoms with E-state index in [1.54, 1.807) is 0 Å². The van der Waals surface area contributed by atoms with E-state index in [1.165, 1.54) is 18.2 Å². The molecule has 5 nitrogen and oxygen atoms in total. The summed E-state index contributed by atoms with van der Waals surface area (Å²) in [6, 6.07) is 4.14. The Kier molecular flexibility index (Phi) is 5.20. The fraction of sp³-hybridized carbons (Fsp3) is 0.400. The van der Waals surface area contributed by atoms with Crippen molar-refractivity contribution in [2.24, 2.45) is 0 Å². The van der Waals surface area contributed by atoms with Gasteiger partial charge in [-0.1, -0.05) is 17.7 Å². The van der Waals surface area contributed by atoms with Crippen molar-refractivity contribution in [2.45, 2.75) is 11.8 Å².